The molecule has 0 aromatic carbocycles. The summed E-state index contributed by atoms with van der Waals surface area (Å²) in [7, 11) is -1.69. The summed E-state index contributed by atoms with van der Waals surface area (Å²) in [4.78, 5) is 0. The third-order valence-electron chi connectivity index (χ3n) is 4.21. The molecule has 0 radical (unpaired) electrons. The minimum Gasteiger partial charge on any atom is -0.414 e. The lowest BCUT2D eigenvalue weighted by Gasteiger charge is -2.36. The highest BCUT2D eigenvalue weighted by molar-refractivity contribution is 6.74. The average Bonchev–Trinajstić information content (AvgIpc) is 2.73. The molecule has 3 nitrogen and oxygen atoms in total. The van der Waals surface area contributed by atoms with Crippen LogP contribution in [0.1, 0.15) is 34.6 Å². The molecule has 96 valence electrons. The molecule has 1 N–H and O–H groups in total. The first-order valence-corrected chi connectivity index (χ1v) is 8.91. The van der Waals surface area contributed by atoms with Crippen molar-refractivity contribution in [3.63, 3.8) is 0 Å². The smallest absolute Gasteiger partial charge is 0.192 e. The van der Waals surface area contributed by atoms with E-state index in [0.29, 0.717) is 6.61 Å². The Hall–Kier alpha value is 0.0969. The predicted octanol–water partition coefficient (Wildman–Crippen LogP) is 2.55. The van der Waals surface area contributed by atoms with Crippen LogP contribution in [0.15, 0.2) is 0 Å². The molecule has 1 rings (SSSR count). The van der Waals surface area contributed by atoms with E-state index in [9.17, 15) is 5.11 Å². The second-order valence-corrected chi connectivity index (χ2v) is 11.3. The van der Waals surface area contributed by atoms with Crippen LogP contribution in [0.4, 0.5) is 0 Å². The first-order valence-electron chi connectivity index (χ1n) is 6.00. The number of hydrogen-bond donors (Lipinski definition) is 1. The Balaban J connectivity index is 2.44. The Kier molecular flexibility index (Phi) is 3.62. The second kappa shape index (κ2) is 4.09. The van der Waals surface area contributed by atoms with E-state index < -0.39 is 14.4 Å². The lowest BCUT2D eigenvalue weighted by atomic mass is 10.0. The normalized spacial score (nSPS) is 32.6. The molecule has 1 aliphatic heterocycles. The lowest BCUT2D eigenvalue weighted by molar-refractivity contribution is 0.100. The van der Waals surface area contributed by atoms with Gasteiger partial charge in [-0.2, -0.15) is 0 Å². The topological polar surface area (TPSA) is 42.0 Å². The van der Waals surface area contributed by atoms with Gasteiger partial charge in [-0.05, 0) is 32.0 Å². The van der Waals surface area contributed by atoms with Crippen molar-refractivity contribution >= 4 is 8.32 Å². The summed E-state index contributed by atoms with van der Waals surface area (Å²) >= 11 is 0. The summed E-state index contributed by atoms with van der Waals surface area (Å²) in [6, 6.07) is 0. The standard InChI is InChI=1S/C12H26O3Si/c1-9(13)12(5)10(15-12)8-14-16(6,7)11(2,3)4/h9-10,13H,8H2,1-7H3/t9-,10-,12+/m0/s1. The van der Waals surface area contributed by atoms with Gasteiger partial charge in [0.25, 0.3) is 0 Å². The van der Waals surface area contributed by atoms with Crippen LogP contribution in [0.2, 0.25) is 18.1 Å². The van der Waals surface area contributed by atoms with E-state index in [4.69, 9.17) is 9.16 Å². The van der Waals surface area contributed by atoms with Crippen molar-refractivity contribution in [1.82, 2.24) is 0 Å². The van der Waals surface area contributed by atoms with Gasteiger partial charge >= 0.3 is 0 Å². The molecular weight excluding hydrogens is 220 g/mol. The van der Waals surface area contributed by atoms with Crippen molar-refractivity contribution in [2.24, 2.45) is 0 Å². The van der Waals surface area contributed by atoms with Gasteiger partial charge in [0.05, 0.1) is 12.7 Å². The van der Waals surface area contributed by atoms with Crippen LogP contribution < -0.4 is 0 Å². The molecule has 0 aromatic heterocycles. The minimum atomic E-state index is -1.69. The molecule has 0 saturated carbocycles. The zero-order valence-electron chi connectivity index (χ0n) is 11.6. The summed E-state index contributed by atoms with van der Waals surface area (Å²) in [5.74, 6) is 0. The molecule has 1 saturated heterocycles. The monoisotopic (exact) mass is 246 g/mol. The number of aliphatic hydroxyl groups excluding tert-OH is 1. The Bertz CT molecular complexity index is 257. The van der Waals surface area contributed by atoms with Gasteiger partial charge in [0.2, 0.25) is 0 Å². The Morgan fingerprint density at radius 3 is 2.25 bits per heavy atom. The zero-order valence-corrected chi connectivity index (χ0v) is 12.6. The first kappa shape index (κ1) is 14.2. The molecule has 0 amide bonds. The summed E-state index contributed by atoms with van der Waals surface area (Å²) in [5, 5.41) is 9.77. The maximum absolute atomic E-state index is 9.54. The molecule has 16 heavy (non-hydrogen) atoms. The highest BCUT2D eigenvalue weighted by Crippen LogP contribution is 2.42. The Morgan fingerprint density at radius 2 is 1.94 bits per heavy atom. The van der Waals surface area contributed by atoms with Crippen LogP contribution >= 0.6 is 0 Å². The van der Waals surface area contributed by atoms with E-state index in [2.05, 4.69) is 33.9 Å². The maximum atomic E-state index is 9.54. The van der Waals surface area contributed by atoms with Crippen molar-refractivity contribution < 1.29 is 14.3 Å². The molecule has 1 fully saturated rings. The summed E-state index contributed by atoms with van der Waals surface area (Å²) < 4.78 is 11.6. The molecule has 3 atom stereocenters. The van der Waals surface area contributed by atoms with E-state index in [1.54, 1.807) is 6.92 Å². The van der Waals surface area contributed by atoms with E-state index in [1.807, 2.05) is 6.92 Å². The number of rotatable bonds is 4. The Morgan fingerprint density at radius 1 is 1.44 bits per heavy atom. The molecular formula is C12H26O3Si. The van der Waals surface area contributed by atoms with Crippen molar-refractivity contribution in [2.75, 3.05) is 6.61 Å². The molecule has 0 unspecified atom stereocenters. The van der Waals surface area contributed by atoms with Gasteiger partial charge in [-0.25, -0.2) is 0 Å². The number of epoxide rings is 1. The molecule has 0 bridgehead atoms. The summed E-state index contributed by atoms with van der Waals surface area (Å²) in [6.45, 7) is 15.5. The van der Waals surface area contributed by atoms with Crippen LogP contribution in [-0.4, -0.2) is 37.8 Å². The molecule has 0 aliphatic carbocycles. The quantitative estimate of drug-likeness (QED) is 0.612. The molecule has 1 aliphatic rings. The van der Waals surface area contributed by atoms with E-state index >= 15 is 0 Å². The number of ether oxygens (including phenoxy) is 1. The van der Waals surface area contributed by atoms with Crippen molar-refractivity contribution in [3.05, 3.63) is 0 Å². The third kappa shape index (κ3) is 2.67. The fourth-order valence-electron chi connectivity index (χ4n) is 1.34. The van der Waals surface area contributed by atoms with E-state index in [1.165, 1.54) is 0 Å². The third-order valence-corrected chi connectivity index (χ3v) is 8.71. The fourth-order valence-corrected chi connectivity index (χ4v) is 2.34. The van der Waals surface area contributed by atoms with Gasteiger partial charge in [-0.15, -0.1) is 0 Å². The highest BCUT2D eigenvalue weighted by atomic mass is 28.4. The van der Waals surface area contributed by atoms with E-state index in [-0.39, 0.29) is 16.7 Å². The molecule has 0 spiro atoms. The van der Waals surface area contributed by atoms with Crippen molar-refractivity contribution in [2.45, 2.75) is 70.6 Å². The first-order chi connectivity index (χ1) is 7.01. The SMILES string of the molecule is C[C@H](O)[C@@]1(C)O[C@H]1CO[Si](C)(C)C(C)(C)C. The molecule has 0 aromatic rings. The Labute approximate surface area is 100 Å². The van der Waals surface area contributed by atoms with E-state index in [0.717, 1.165) is 0 Å². The van der Waals surface area contributed by atoms with Gasteiger partial charge in [0.15, 0.2) is 8.32 Å². The fraction of sp³-hybridized carbons (Fsp3) is 1.00. The lowest BCUT2D eigenvalue weighted by Crippen LogP contribution is -2.42. The second-order valence-electron chi connectivity index (χ2n) is 6.54. The average molecular weight is 246 g/mol. The summed E-state index contributed by atoms with van der Waals surface area (Å²) in [5.41, 5.74) is -0.387. The van der Waals surface area contributed by atoms with Gasteiger partial charge in [-0.1, -0.05) is 20.8 Å². The maximum Gasteiger partial charge on any atom is 0.192 e. The highest BCUT2D eigenvalue weighted by Gasteiger charge is 2.56. The summed E-state index contributed by atoms with van der Waals surface area (Å²) in [6.07, 6.45) is -0.373. The zero-order chi connectivity index (χ0) is 12.8. The van der Waals surface area contributed by atoms with Gasteiger partial charge in [0, 0.05) is 0 Å². The molecule has 4 heteroatoms. The largest absolute Gasteiger partial charge is 0.414 e. The van der Waals surface area contributed by atoms with Gasteiger partial charge in [-0.3, -0.25) is 0 Å². The number of aliphatic hydroxyl groups is 1. The van der Waals surface area contributed by atoms with Crippen LogP contribution in [0.3, 0.4) is 0 Å². The van der Waals surface area contributed by atoms with Gasteiger partial charge in [0.1, 0.15) is 11.7 Å². The minimum absolute atomic E-state index is 0.0571. The van der Waals surface area contributed by atoms with Crippen LogP contribution in [0.25, 0.3) is 0 Å². The van der Waals surface area contributed by atoms with Crippen LogP contribution in [-0.2, 0) is 9.16 Å². The van der Waals surface area contributed by atoms with Crippen molar-refractivity contribution in [1.29, 1.82) is 0 Å². The van der Waals surface area contributed by atoms with Crippen LogP contribution in [0.5, 0.6) is 0 Å². The van der Waals surface area contributed by atoms with Crippen molar-refractivity contribution in [3.8, 4) is 0 Å². The predicted molar refractivity (Wildman–Crippen MR) is 68.1 cm³/mol. The molecule has 1 heterocycles. The van der Waals surface area contributed by atoms with Gasteiger partial charge < -0.3 is 14.3 Å². The van der Waals surface area contributed by atoms with Crippen LogP contribution in [0, 0.1) is 0 Å². The number of hydrogen-bond acceptors (Lipinski definition) is 3.